The van der Waals surface area contributed by atoms with E-state index in [1.54, 1.807) is 24.3 Å². The number of benzene rings is 1. The Hall–Kier alpha value is -2.45. The maximum atomic E-state index is 13.2. The molecular weight excluding hydrogens is 410 g/mol. The van der Waals surface area contributed by atoms with Gasteiger partial charge in [-0.05, 0) is 57.0 Å². The van der Waals surface area contributed by atoms with Crippen molar-refractivity contribution in [1.82, 2.24) is 24.5 Å². The first-order valence-electron chi connectivity index (χ1n) is 9.41. The van der Waals surface area contributed by atoms with E-state index in [9.17, 15) is 9.59 Å². The molecule has 2 aromatic heterocycles. The molecule has 1 aromatic carbocycles. The van der Waals surface area contributed by atoms with E-state index in [-0.39, 0.29) is 11.8 Å². The van der Waals surface area contributed by atoms with Crippen LogP contribution in [0.3, 0.4) is 0 Å². The van der Waals surface area contributed by atoms with Crippen LogP contribution in [-0.2, 0) is 4.79 Å². The normalized spacial score (nSPS) is 17.6. The van der Waals surface area contributed by atoms with Gasteiger partial charge in [-0.2, -0.15) is 0 Å². The van der Waals surface area contributed by atoms with Crippen molar-refractivity contribution < 1.29 is 9.59 Å². The quantitative estimate of drug-likeness (QED) is 0.590. The molecule has 150 valence electrons. The molecule has 3 heterocycles. The average molecular weight is 430 g/mol. The van der Waals surface area contributed by atoms with Gasteiger partial charge in [0.1, 0.15) is 0 Å². The van der Waals surface area contributed by atoms with Gasteiger partial charge in [0.05, 0.1) is 5.25 Å². The minimum Gasteiger partial charge on any atom is -0.278 e. The fourth-order valence-corrected chi connectivity index (χ4v) is 4.78. The van der Waals surface area contributed by atoms with Crippen LogP contribution in [0.15, 0.2) is 35.5 Å². The molecular formula is C20H20ClN5O2S. The smallest absolute Gasteiger partial charge is 0.260 e. The summed E-state index contributed by atoms with van der Waals surface area (Å²) in [6.45, 7) is 4.28. The molecule has 0 radical (unpaired) electrons. The number of carbonyl (C=O) groups is 2. The van der Waals surface area contributed by atoms with E-state index in [4.69, 9.17) is 11.6 Å². The monoisotopic (exact) mass is 429 g/mol. The lowest BCUT2D eigenvalue weighted by Gasteiger charge is -2.22. The maximum absolute atomic E-state index is 13.2. The molecule has 4 rings (SSSR count). The van der Waals surface area contributed by atoms with Gasteiger partial charge in [0.15, 0.2) is 5.16 Å². The van der Waals surface area contributed by atoms with Crippen LogP contribution in [-0.4, -0.2) is 48.1 Å². The van der Waals surface area contributed by atoms with Crippen molar-refractivity contribution in [2.75, 3.05) is 6.54 Å². The molecule has 29 heavy (non-hydrogen) atoms. The zero-order valence-electron chi connectivity index (χ0n) is 16.1. The SMILES string of the molecule is Cc1cc(C)n2c(SC3CCCCN(C(=O)c4ccc(Cl)cc4)C3=O)nnc2n1. The lowest BCUT2D eigenvalue weighted by atomic mass is 10.2. The van der Waals surface area contributed by atoms with E-state index in [0.29, 0.717) is 34.5 Å². The predicted octanol–water partition coefficient (Wildman–Crippen LogP) is 3.71. The van der Waals surface area contributed by atoms with Gasteiger partial charge in [0.2, 0.25) is 5.91 Å². The van der Waals surface area contributed by atoms with Crippen LogP contribution in [0.5, 0.6) is 0 Å². The number of aryl methyl sites for hydroxylation is 2. The first kappa shape index (κ1) is 19.8. The van der Waals surface area contributed by atoms with Crippen LogP contribution in [0.25, 0.3) is 5.78 Å². The molecule has 1 saturated heterocycles. The number of thioether (sulfide) groups is 1. The van der Waals surface area contributed by atoms with Crippen molar-refractivity contribution in [2.45, 2.75) is 43.5 Å². The fraction of sp³-hybridized carbons (Fsp3) is 0.350. The van der Waals surface area contributed by atoms with Crippen LogP contribution in [0, 0.1) is 13.8 Å². The first-order valence-corrected chi connectivity index (χ1v) is 10.7. The van der Waals surface area contributed by atoms with Gasteiger partial charge in [-0.1, -0.05) is 29.8 Å². The van der Waals surface area contributed by atoms with Gasteiger partial charge in [-0.15, -0.1) is 10.2 Å². The molecule has 9 heteroatoms. The molecule has 0 bridgehead atoms. The van der Waals surface area contributed by atoms with Gasteiger partial charge in [-0.3, -0.25) is 18.9 Å². The second-order valence-corrected chi connectivity index (χ2v) is 8.67. The van der Waals surface area contributed by atoms with Crippen molar-refractivity contribution in [3.63, 3.8) is 0 Å². The predicted molar refractivity (Wildman–Crippen MR) is 111 cm³/mol. The highest BCUT2D eigenvalue weighted by Crippen LogP contribution is 2.30. The summed E-state index contributed by atoms with van der Waals surface area (Å²) in [6.07, 6.45) is 2.32. The van der Waals surface area contributed by atoms with Crippen LogP contribution >= 0.6 is 23.4 Å². The number of imide groups is 1. The molecule has 0 spiro atoms. The Morgan fingerprint density at radius 1 is 1.17 bits per heavy atom. The summed E-state index contributed by atoms with van der Waals surface area (Å²) in [5, 5.41) is 9.14. The molecule has 1 aliphatic rings. The second-order valence-electron chi connectivity index (χ2n) is 7.06. The molecule has 1 unspecified atom stereocenters. The van der Waals surface area contributed by atoms with Crippen LogP contribution in [0.4, 0.5) is 0 Å². The largest absolute Gasteiger partial charge is 0.278 e. The number of halogens is 1. The summed E-state index contributed by atoms with van der Waals surface area (Å²) in [7, 11) is 0. The lowest BCUT2D eigenvalue weighted by molar-refractivity contribution is -0.127. The van der Waals surface area contributed by atoms with E-state index in [2.05, 4.69) is 15.2 Å². The number of likely N-dealkylation sites (tertiary alicyclic amines) is 1. The zero-order valence-corrected chi connectivity index (χ0v) is 17.7. The molecule has 2 amide bonds. The summed E-state index contributed by atoms with van der Waals surface area (Å²) in [4.78, 5) is 31.9. The molecule has 0 aliphatic carbocycles. The molecule has 7 nitrogen and oxygen atoms in total. The van der Waals surface area contributed by atoms with Crippen molar-refractivity contribution in [2.24, 2.45) is 0 Å². The zero-order chi connectivity index (χ0) is 20.5. The van der Waals surface area contributed by atoms with Crippen LogP contribution in [0.2, 0.25) is 5.02 Å². The third-order valence-corrected chi connectivity index (χ3v) is 6.34. The molecule has 1 fully saturated rings. The number of fused-ring (bicyclic) bond motifs is 1. The van der Waals surface area contributed by atoms with Crippen molar-refractivity contribution in [3.8, 4) is 0 Å². The summed E-state index contributed by atoms with van der Waals surface area (Å²) < 4.78 is 1.85. The van der Waals surface area contributed by atoms with Gasteiger partial charge < -0.3 is 0 Å². The standard InChI is InChI=1S/C20H20ClN5O2S/c1-12-11-13(2)26-19(22-12)23-24-20(26)29-16-5-3-4-10-25(18(16)28)17(27)14-6-8-15(21)9-7-14/h6-9,11,16H,3-5,10H2,1-2H3. The van der Waals surface area contributed by atoms with Gasteiger partial charge >= 0.3 is 0 Å². The van der Waals surface area contributed by atoms with E-state index < -0.39 is 5.25 Å². The van der Waals surface area contributed by atoms with Gasteiger partial charge in [0, 0.05) is 28.5 Å². The average Bonchev–Trinajstić information content (AvgIpc) is 3.00. The van der Waals surface area contributed by atoms with Gasteiger partial charge in [-0.25, -0.2) is 4.98 Å². The Morgan fingerprint density at radius 2 is 1.93 bits per heavy atom. The number of aromatic nitrogens is 4. The summed E-state index contributed by atoms with van der Waals surface area (Å²) in [5.41, 5.74) is 2.27. The van der Waals surface area contributed by atoms with E-state index in [1.807, 2.05) is 24.3 Å². The van der Waals surface area contributed by atoms with Crippen LogP contribution < -0.4 is 0 Å². The topological polar surface area (TPSA) is 80.5 Å². The van der Waals surface area contributed by atoms with E-state index in [0.717, 1.165) is 24.2 Å². The highest BCUT2D eigenvalue weighted by molar-refractivity contribution is 8.00. The van der Waals surface area contributed by atoms with E-state index in [1.165, 1.54) is 16.7 Å². The maximum Gasteiger partial charge on any atom is 0.260 e. The summed E-state index contributed by atoms with van der Waals surface area (Å²) in [6, 6.07) is 8.56. The number of carbonyl (C=O) groups excluding carboxylic acids is 2. The van der Waals surface area contributed by atoms with E-state index >= 15 is 0 Å². The third kappa shape index (κ3) is 4.00. The fourth-order valence-electron chi connectivity index (χ4n) is 3.47. The summed E-state index contributed by atoms with van der Waals surface area (Å²) in [5.74, 6) is 0.0285. The Morgan fingerprint density at radius 3 is 2.69 bits per heavy atom. The first-order chi connectivity index (χ1) is 13.9. The number of hydrogen-bond acceptors (Lipinski definition) is 6. The van der Waals surface area contributed by atoms with Crippen molar-refractivity contribution in [3.05, 3.63) is 52.3 Å². The molecule has 0 saturated carbocycles. The molecule has 1 aliphatic heterocycles. The Labute approximate surface area is 177 Å². The van der Waals surface area contributed by atoms with Crippen molar-refractivity contribution >= 4 is 41.0 Å². The Balaban J connectivity index is 1.60. The van der Waals surface area contributed by atoms with Gasteiger partial charge in [0.25, 0.3) is 11.7 Å². The summed E-state index contributed by atoms with van der Waals surface area (Å²) >= 11 is 7.26. The highest BCUT2D eigenvalue weighted by Gasteiger charge is 2.33. The number of amides is 2. The number of hydrogen-bond donors (Lipinski definition) is 0. The number of nitrogens with zero attached hydrogens (tertiary/aromatic N) is 5. The third-order valence-electron chi connectivity index (χ3n) is 4.89. The molecule has 0 N–H and O–H groups in total. The van der Waals surface area contributed by atoms with Crippen molar-refractivity contribution in [1.29, 1.82) is 0 Å². The van der Waals surface area contributed by atoms with Crippen LogP contribution in [0.1, 0.15) is 41.0 Å². The lowest BCUT2D eigenvalue weighted by Crippen LogP contribution is -2.41. The highest BCUT2D eigenvalue weighted by atomic mass is 35.5. The minimum absolute atomic E-state index is 0.193. The Kier molecular flexibility index (Phi) is 5.56. The second kappa shape index (κ2) is 8.12. The Bertz CT molecular complexity index is 1080. The molecule has 3 aromatic rings. The minimum atomic E-state index is -0.401. The molecule has 1 atom stereocenters. The number of rotatable bonds is 3.